The zero-order valence-electron chi connectivity index (χ0n) is 23.6. The second kappa shape index (κ2) is 11.8. The van der Waals surface area contributed by atoms with E-state index in [2.05, 4.69) is 55.8 Å². The van der Waals surface area contributed by atoms with Crippen LogP contribution in [0.2, 0.25) is 0 Å². The van der Waals surface area contributed by atoms with Crippen LogP contribution in [0.25, 0.3) is 10.9 Å². The molecular weight excluding hydrogens is 488 g/mol. The van der Waals surface area contributed by atoms with E-state index in [-0.39, 0.29) is 11.9 Å². The molecule has 0 aliphatic heterocycles. The van der Waals surface area contributed by atoms with Crippen molar-refractivity contribution in [3.8, 4) is 5.75 Å². The van der Waals surface area contributed by atoms with Crippen LogP contribution in [0.4, 0.5) is 0 Å². The van der Waals surface area contributed by atoms with Gasteiger partial charge in [0.2, 0.25) is 0 Å². The highest BCUT2D eigenvalue weighted by atomic mass is 16.5. The van der Waals surface area contributed by atoms with Gasteiger partial charge < -0.3 is 19.7 Å². The van der Waals surface area contributed by atoms with E-state index in [9.17, 15) is 14.7 Å². The van der Waals surface area contributed by atoms with E-state index in [0.717, 1.165) is 33.3 Å². The average Bonchev–Trinajstić information content (AvgIpc) is 3.16. The fraction of sp³-hybridized carbons (Fsp3) is 0.333. The molecular formula is C33H38N2O4. The minimum Gasteiger partial charge on any atom is -0.479 e. The SMILES string of the molecule is CC[C@H](Oc1cccc(Cn2c(C)c(C)c3cc(C(=O)N[C@@H](C)c4cccc(C(C)C)c4)ccc32)c1)C(=O)O. The summed E-state index contributed by atoms with van der Waals surface area (Å²) >= 11 is 0. The first-order valence-corrected chi connectivity index (χ1v) is 13.6. The molecule has 6 nitrogen and oxygen atoms in total. The number of nitrogens with zero attached hydrogens (tertiary/aromatic N) is 1. The maximum absolute atomic E-state index is 13.2. The summed E-state index contributed by atoms with van der Waals surface area (Å²) < 4.78 is 7.92. The van der Waals surface area contributed by atoms with Gasteiger partial charge in [-0.1, -0.05) is 57.2 Å². The summed E-state index contributed by atoms with van der Waals surface area (Å²) in [6.07, 6.45) is -0.484. The molecule has 0 radical (unpaired) electrons. The highest BCUT2D eigenvalue weighted by Crippen LogP contribution is 2.28. The molecule has 2 atom stereocenters. The number of benzene rings is 3. The second-order valence-electron chi connectivity index (χ2n) is 10.5. The van der Waals surface area contributed by atoms with Gasteiger partial charge >= 0.3 is 5.97 Å². The molecule has 0 bridgehead atoms. The Bertz CT molecular complexity index is 1500. The number of hydrogen-bond donors (Lipinski definition) is 2. The quantitative estimate of drug-likeness (QED) is 0.230. The summed E-state index contributed by atoms with van der Waals surface area (Å²) in [5.74, 6) is -0.0971. The Morgan fingerprint density at radius 2 is 1.67 bits per heavy atom. The Hall–Kier alpha value is -4.06. The minimum absolute atomic E-state index is 0.0992. The third-order valence-corrected chi connectivity index (χ3v) is 7.49. The topological polar surface area (TPSA) is 80.6 Å². The van der Waals surface area contributed by atoms with Crippen LogP contribution in [0.5, 0.6) is 5.75 Å². The minimum atomic E-state index is -0.968. The molecule has 39 heavy (non-hydrogen) atoms. The Balaban J connectivity index is 1.56. The smallest absolute Gasteiger partial charge is 0.344 e. The molecule has 0 unspecified atom stereocenters. The van der Waals surface area contributed by atoms with Crippen LogP contribution in [0, 0.1) is 13.8 Å². The number of amides is 1. The number of aliphatic carboxylic acids is 1. The lowest BCUT2D eigenvalue weighted by Gasteiger charge is -2.17. The molecule has 1 heterocycles. The number of ether oxygens (including phenoxy) is 1. The van der Waals surface area contributed by atoms with Crippen LogP contribution in [-0.2, 0) is 11.3 Å². The highest BCUT2D eigenvalue weighted by molar-refractivity contribution is 5.99. The third kappa shape index (κ3) is 6.17. The first kappa shape index (κ1) is 28.0. The van der Waals surface area contributed by atoms with Gasteiger partial charge in [0.25, 0.3) is 5.91 Å². The molecule has 1 amide bonds. The van der Waals surface area contributed by atoms with E-state index in [1.54, 1.807) is 13.0 Å². The van der Waals surface area contributed by atoms with Crippen LogP contribution < -0.4 is 10.1 Å². The van der Waals surface area contributed by atoms with Crippen molar-refractivity contribution < 1.29 is 19.4 Å². The molecule has 0 saturated carbocycles. The maximum Gasteiger partial charge on any atom is 0.344 e. The molecule has 204 valence electrons. The predicted molar refractivity (Wildman–Crippen MR) is 156 cm³/mol. The number of aryl methyl sites for hydroxylation is 1. The fourth-order valence-corrected chi connectivity index (χ4v) is 4.92. The van der Waals surface area contributed by atoms with Crippen molar-refractivity contribution in [1.82, 2.24) is 9.88 Å². The summed E-state index contributed by atoms with van der Waals surface area (Å²) in [7, 11) is 0. The Labute approximate surface area is 230 Å². The summed E-state index contributed by atoms with van der Waals surface area (Å²) in [5.41, 5.74) is 7.27. The summed E-state index contributed by atoms with van der Waals surface area (Å²) in [6.45, 7) is 12.9. The van der Waals surface area contributed by atoms with E-state index in [1.165, 1.54) is 5.56 Å². The molecule has 2 N–H and O–H groups in total. The van der Waals surface area contributed by atoms with Crippen molar-refractivity contribution >= 4 is 22.8 Å². The lowest BCUT2D eigenvalue weighted by Crippen LogP contribution is -2.26. The Morgan fingerprint density at radius 1 is 0.949 bits per heavy atom. The van der Waals surface area contributed by atoms with Crippen molar-refractivity contribution in [3.05, 3.63) is 100 Å². The molecule has 0 fully saturated rings. The standard InChI is InChI=1S/C33H38N2O4/c1-7-31(33(37)38)39-28-13-8-10-24(16-28)19-35-23(6)21(4)29-18-27(14-15-30(29)35)32(36)34-22(5)26-12-9-11-25(17-26)20(2)3/h8-18,20,22,31H,7,19H2,1-6H3,(H,34,36)(H,37,38)/t22-,31-/m0/s1. The van der Waals surface area contributed by atoms with Crippen molar-refractivity contribution in [3.63, 3.8) is 0 Å². The number of carboxylic acids is 1. The molecule has 0 aliphatic rings. The number of rotatable bonds is 10. The van der Waals surface area contributed by atoms with Crippen molar-refractivity contribution in [1.29, 1.82) is 0 Å². The first-order valence-electron chi connectivity index (χ1n) is 13.6. The number of carboxylic acid groups (broad SMARTS) is 1. The number of carbonyl (C=O) groups excluding carboxylic acids is 1. The van der Waals surface area contributed by atoms with Gasteiger partial charge in [0.05, 0.1) is 6.04 Å². The lowest BCUT2D eigenvalue weighted by atomic mass is 9.98. The Kier molecular flexibility index (Phi) is 8.44. The molecule has 1 aromatic heterocycles. The first-order chi connectivity index (χ1) is 18.6. The monoisotopic (exact) mass is 526 g/mol. The Morgan fingerprint density at radius 3 is 2.36 bits per heavy atom. The third-order valence-electron chi connectivity index (χ3n) is 7.49. The average molecular weight is 527 g/mol. The van der Waals surface area contributed by atoms with E-state index in [0.29, 0.717) is 30.2 Å². The normalized spacial score (nSPS) is 12.9. The van der Waals surface area contributed by atoms with Crippen molar-refractivity contribution in [2.75, 3.05) is 0 Å². The van der Waals surface area contributed by atoms with Gasteiger partial charge in [-0.15, -0.1) is 0 Å². The van der Waals surface area contributed by atoms with Gasteiger partial charge in [-0.2, -0.15) is 0 Å². The van der Waals surface area contributed by atoms with Crippen LogP contribution in [0.1, 0.15) is 84.4 Å². The molecule has 6 heteroatoms. The van der Waals surface area contributed by atoms with Gasteiger partial charge in [0.15, 0.2) is 6.10 Å². The number of nitrogens with one attached hydrogen (secondary N) is 1. The summed E-state index contributed by atoms with van der Waals surface area (Å²) in [4.78, 5) is 24.6. The molecule has 3 aromatic carbocycles. The van der Waals surface area contributed by atoms with Crippen LogP contribution in [0.3, 0.4) is 0 Å². The molecule has 0 spiro atoms. The van der Waals surface area contributed by atoms with Gasteiger partial charge in [0, 0.05) is 28.7 Å². The van der Waals surface area contributed by atoms with Gasteiger partial charge in [-0.25, -0.2) is 4.79 Å². The zero-order chi connectivity index (χ0) is 28.3. The van der Waals surface area contributed by atoms with Gasteiger partial charge in [-0.3, -0.25) is 4.79 Å². The molecule has 0 saturated heterocycles. The fourth-order valence-electron chi connectivity index (χ4n) is 4.92. The van der Waals surface area contributed by atoms with E-state index in [4.69, 9.17) is 4.74 Å². The second-order valence-corrected chi connectivity index (χ2v) is 10.5. The van der Waals surface area contributed by atoms with Crippen molar-refractivity contribution in [2.45, 2.75) is 72.6 Å². The van der Waals surface area contributed by atoms with Crippen LogP contribution in [0.15, 0.2) is 66.7 Å². The van der Waals surface area contributed by atoms with E-state index < -0.39 is 12.1 Å². The van der Waals surface area contributed by atoms with E-state index >= 15 is 0 Å². The number of carbonyl (C=O) groups is 2. The largest absolute Gasteiger partial charge is 0.479 e. The lowest BCUT2D eigenvalue weighted by molar-refractivity contribution is -0.145. The van der Waals surface area contributed by atoms with Crippen LogP contribution in [-0.4, -0.2) is 27.7 Å². The highest BCUT2D eigenvalue weighted by Gasteiger charge is 2.18. The van der Waals surface area contributed by atoms with Gasteiger partial charge in [0.1, 0.15) is 5.75 Å². The molecule has 4 aromatic rings. The van der Waals surface area contributed by atoms with Gasteiger partial charge in [-0.05, 0) is 85.7 Å². The number of aromatic nitrogens is 1. The number of fused-ring (bicyclic) bond motifs is 1. The van der Waals surface area contributed by atoms with Crippen LogP contribution >= 0.6 is 0 Å². The predicted octanol–water partition coefficient (Wildman–Crippen LogP) is 7.16. The maximum atomic E-state index is 13.2. The number of hydrogen-bond acceptors (Lipinski definition) is 3. The molecule has 0 aliphatic carbocycles. The van der Waals surface area contributed by atoms with E-state index in [1.807, 2.05) is 49.4 Å². The zero-order valence-corrected chi connectivity index (χ0v) is 23.6. The van der Waals surface area contributed by atoms with Crippen molar-refractivity contribution in [2.24, 2.45) is 0 Å². The summed E-state index contributed by atoms with van der Waals surface area (Å²) in [6, 6.07) is 21.7. The summed E-state index contributed by atoms with van der Waals surface area (Å²) in [5, 5.41) is 13.5. The molecule has 4 rings (SSSR count).